The Kier molecular flexibility index (Phi) is 35.6. The number of carbonyl (C=O) groups excluding carboxylic acids is 1. The van der Waals surface area contributed by atoms with E-state index in [9.17, 15) is 14.3 Å². The molecule has 0 heterocycles. The van der Waals surface area contributed by atoms with E-state index in [1.165, 1.54) is 32.1 Å². The van der Waals surface area contributed by atoms with Crippen LogP contribution in [0.1, 0.15) is 136 Å². The van der Waals surface area contributed by atoms with Crippen LogP contribution in [0.4, 0.5) is 0 Å². The van der Waals surface area contributed by atoms with E-state index in [-0.39, 0.29) is 38.8 Å². The molecule has 0 rings (SSSR count). The second-order valence-electron chi connectivity index (χ2n) is 12.1. The molecule has 0 fully saturated rings. The summed E-state index contributed by atoms with van der Waals surface area (Å²) >= 11 is 0. The van der Waals surface area contributed by atoms with Gasteiger partial charge < -0.3 is 20.1 Å². The maximum Gasteiger partial charge on any atom is 0.472 e. The Hall–Kier alpha value is -2.06. The predicted octanol–water partition coefficient (Wildman–Crippen LogP) is 10.8. The van der Waals surface area contributed by atoms with Crippen LogP contribution >= 0.6 is 7.82 Å². The van der Waals surface area contributed by atoms with Gasteiger partial charge in [0.15, 0.2) is 0 Å². The molecule has 0 aromatic carbocycles. The van der Waals surface area contributed by atoms with E-state index in [1.807, 2.05) is 0 Å². The number of nitrogens with two attached hydrogens (primary N) is 1. The fraction of sp³-hybridized carbons (Fsp3) is 0.675. The molecule has 9 heteroatoms. The molecule has 0 amide bonds. The summed E-state index contributed by atoms with van der Waals surface area (Å²) < 4.78 is 33.1. The number of hydrogen-bond acceptors (Lipinski definition) is 7. The second kappa shape index (κ2) is 37.2. The van der Waals surface area contributed by atoms with Gasteiger partial charge in [-0.1, -0.05) is 138 Å². The molecule has 0 spiro atoms. The summed E-state index contributed by atoms with van der Waals surface area (Å²) in [6.45, 7) is 4.70. The minimum Gasteiger partial charge on any atom is -0.457 e. The molecule has 0 aliphatic rings. The van der Waals surface area contributed by atoms with Gasteiger partial charge in [0, 0.05) is 19.6 Å². The molecule has 0 bridgehead atoms. The number of hydrogen-bond donors (Lipinski definition) is 2. The first-order chi connectivity index (χ1) is 23.9. The molecule has 0 radical (unpaired) electrons. The van der Waals surface area contributed by atoms with Gasteiger partial charge in [-0.2, -0.15) is 0 Å². The number of unbranched alkanes of at least 4 members (excludes halogenated alkanes) is 10. The fourth-order valence-electron chi connectivity index (χ4n) is 4.64. The minimum absolute atomic E-state index is 0.0925. The van der Waals surface area contributed by atoms with Gasteiger partial charge in [-0.15, -0.1) is 0 Å². The summed E-state index contributed by atoms with van der Waals surface area (Å²) in [5.41, 5.74) is 5.33. The first-order valence-corrected chi connectivity index (χ1v) is 20.4. The lowest BCUT2D eigenvalue weighted by Crippen LogP contribution is -2.28. The second-order valence-corrected chi connectivity index (χ2v) is 13.5. The zero-order valence-corrected chi connectivity index (χ0v) is 31.8. The Morgan fingerprint density at radius 2 is 1.14 bits per heavy atom. The molecule has 0 aliphatic heterocycles. The van der Waals surface area contributed by atoms with Crippen LogP contribution in [-0.2, 0) is 27.9 Å². The van der Waals surface area contributed by atoms with Gasteiger partial charge in [-0.3, -0.25) is 13.8 Å². The van der Waals surface area contributed by atoms with E-state index in [0.717, 1.165) is 83.5 Å². The van der Waals surface area contributed by atoms with Crippen molar-refractivity contribution in [3.05, 3.63) is 72.9 Å². The van der Waals surface area contributed by atoms with Crippen molar-refractivity contribution >= 4 is 13.8 Å². The average Bonchev–Trinajstić information content (AvgIpc) is 3.09. The molecule has 2 atom stereocenters. The van der Waals surface area contributed by atoms with Crippen molar-refractivity contribution in [2.24, 2.45) is 5.73 Å². The molecule has 0 aliphatic carbocycles. The van der Waals surface area contributed by atoms with E-state index in [0.29, 0.717) is 6.61 Å². The van der Waals surface area contributed by atoms with Crippen LogP contribution in [0, 0.1) is 0 Å². The number of allylic oxidation sites excluding steroid dienone is 12. The number of phosphoric acid groups is 1. The normalized spacial score (nSPS) is 14.4. The molecule has 282 valence electrons. The zero-order chi connectivity index (χ0) is 35.9. The third-order valence-electron chi connectivity index (χ3n) is 7.39. The third-order valence-corrected chi connectivity index (χ3v) is 8.37. The van der Waals surface area contributed by atoms with E-state index in [1.54, 1.807) is 0 Å². The van der Waals surface area contributed by atoms with Crippen molar-refractivity contribution in [1.82, 2.24) is 0 Å². The van der Waals surface area contributed by atoms with Crippen LogP contribution in [-0.4, -0.2) is 49.9 Å². The van der Waals surface area contributed by atoms with Crippen LogP contribution in [0.3, 0.4) is 0 Å². The largest absolute Gasteiger partial charge is 0.472 e. The first kappa shape index (κ1) is 46.9. The van der Waals surface area contributed by atoms with Crippen LogP contribution < -0.4 is 5.73 Å². The molecular formula is C40H70NO7P. The number of carbonyl (C=O) groups is 1. The lowest BCUT2D eigenvalue weighted by Gasteiger charge is -2.20. The Morgan fingerprint density at radius 3 is 1.71 bits per heavy atom. The number of phosphoric ester groups is 1. The predicted molar refractivity (Wildman–Crippen MR) is 205 cm³/mol. The number of esters is 1. The van der Waals surface area contributed by atoms with Crippen LogP contribution in [0.2, 0.25) is 0 Å². The molecule has 49 heavy (non-hydrogen) atoms. The van der Waals surface area contributed by atoms with Crippen LogP contribution in [0.15, 0.2) is 72.9 Å². The summed E-state index contributed by atoms with van der Waals surface area (Å²) in [5, 5.41) is 0. The number of ether oxygens (including phenoxy) is 2. The SMILES string of the molecule is CC/C=C\C/C=C\C/C=C\C/C=C\C/C=C\C/C=C\CCCCCCC(=O)OC(COCCCCCCCCC)COP(=O)(O)OCCN. The van der Waals surface area contributed by atoms with Crippen molar-refractivity contribution in [3.63, 3.8) is 0 Å². The van der Waals surface area contributed by atoms with Crippen molar-refractivity contribution in [2.75, 3.05) is 33.0 Å². The summed E-state index contributed by atoms with van der Waals surface area (Å²) in [4.78, 5) is 22.3. The fourth-order valence-corrected chi connectivity index (χ4v) is 5.41. The molecule has 2 unspecified atom stereocenters. The van der Waals surface area contributed by atoms with Crippen molar-refractivity contribution in [2.45, 2.75) is 142 Å². The summed E-state index contributed by atoms with van der Waals surface area (Å²) in [5.74, 6) is -0.360. The van der Waals surface area contributed by atoms with E-state index >= 15 is 0 Å². The Bertz CT molecular complexity index is 974. The highest BCUT2D eigenvalue weighted by atomic mass is 31.2. The molecule has 0 saturated carbocycles. The zero-order valence-electron chi connectivity index (χ0n) is 30.9. The van der Waals surface area contributed by atoms with Gasteiger partial charge in [0.05, 0.1) is 19.8 Å². The lowest BCUT2D eigenvalue weighted by molar-refractivity contribution is -0.154. The van der Waals surface area contributed by atoms with E-state index in [4.69, 9.17) is 24.3 Å². The molecule has 3 N–H and O–H groups in total. The van der Waals surface area contributed by atoms with Gasteiger partial charge in [0.25, 0.3) is 0 Å². The topological polar surface area (TPSA) is 117 Å². The summed E-state index contributed by atoms with van der Waals surface area (Å²) in [6.07, 6.45) is 45.0. The van der Waals surface area contributed by atoms with E-state index < -0.39 is 13.9 Å². The summed E-state index contributed by atoms with van der Waals surface area (Å²) in [7, 11) is -4.27. The van der Waals surface area contributed by atoms with Gasteiger partial charge in [0.2, 0.25) is 0 Å². The smallest absolute Gasteiger partial charge is 0.457 e. The highest BCUT2D eigenvalue weighted by molar-refractivity contribution is 7.47. The maximum absolute atomic E-state index is 12.5. The van der Waals surface area contributed by atoms with E-state index in [2.05, 4.69) is 86.8 Å². The number of rotatable bonds is 35. The molecule has 0 aromatic heterocycles. The minimum atomic E-state index is -4.27. The van der Waals surface area contributed by atoms with Gasteiger partial charge >= 0.3 is 13.8 Å². The lowest BCUT2D eigenvalue weighted by atomic mass is 10.1. The third kappa shape index (κ3) is 37.0. The molecule has 0 aromatic rings. The standard InChI is InChI=1S/C40H70NO7P/c1-3-5-7-9-11-12-13-14-15-16-17-18-19-20-21-22-23-24-25-26-27-29-31-33-40(42)48-39(38-47-49(43,44)46-36-34-41)37-45-35-32-30-28-10-8-6-4-2/h5,7,11-12,14-15,17-18,20-21,23-24,39H,3-4,6,8-10,13,16,19,22,25-38,41H2,1-2H3,(H,43,44)/b7-5-,12-11-,15-14-,18-17-,21-20-,24-23-. The Labute approximate surface area is 299 Å². The van der Waals surface area contributed by atoms with Crippen molar-refractivity contribution in [1.29, 1.82) is 0 Å². The Morgan fingerprint density at radius 1 is 0.633 bits per heavy atom. The highest BCUT2D eigenvalue weighted by Crippen LogP contribution is 2.43. The Balaban J connectivity index is 4.08. The highest BCUT2D eigenvalue weighted by Gasteiger charge is 2.25. The monoisotopic (exact) mass is 707 g/mol. The maximum atomic E-state index is 12.5. The van der Waals surface area contributed by atoms with Gasteiger partial charge in [-0.05, 0) is 64.2 Å². The quantitative estimate of drug-likeness (QED) is 0.0289. The van der Waals surface area contributed by atoms with Gasteiger partial charge in [0.1, 0.15) is 6.10 Å². The first-order valence-electron chi connectivity index (χ1n) is 18.9. The van der Waals surface area contributed by atoms with Crippen molar-refractivity contribution in [3.8, 4) is 0 Å². The molecule has 0 saturated heterocycles. The molecule has 8 nitrogen and oxygen atoms in total. The van der Waals surface area contributed by atoms with Gasteiger partial charge in [-0.25, -0.2) is 4.57 Å². The van der Waals surface area contributed by atoms with Crippen molar-refractivity contribution < 1.29 is 32.8 Å². The summed E-state index contributed by atoms with van der Waals surface area (Å²) in [6, 6.07) is 0. The average molecular weight is 708 g/mol. The molecular weight excluding hydrogens is 637 g/mol. The van der Waals surface area contributed by atoms with Crippen LogP contribution in [0.25, 0.3) is 0 Å². The van der Waals surface area contributed by atoms with Crippen LogP contribution in [0.5, 0.6) is 0 Å².